The third kappa shape index (κ3) is 4.72. The molecule has 132 valence electrons. The first-order valence-corrected chi connectivity index (χ1v) is 8.54. The Hall–Kier alpha value is -2.56. The number of benzene rings is 2. The number of anilines is 1. The maximum atomic E-state index is 12.9. The van der Waals surface area contributed by atoms with Crippen molar-refractivity contribution in [2.45, 2.75) is 32.4 Å². The Morgan fingerprint density at radius 1 is 1.28 bits per heavy atom. The summed E-state index contributed by atoms with van der Waals surface area (Å²) in [5.74, 6) is 1.01. The number of rotatable bonds is 6. The van der Waals surface area contributed by atoms with Crippen LogP contribution < -0.4 is 10.1 Å². The van der Waals surface area contributed by atoms with Crippen molar-refractivity contribution in [3.05, 3.63) is 59.9 Å². The molecule has 2 amide bonds. The highest BCUT2D eigenvalue weighted by molar-refractivity contribution is 5.89. The van der Waals surface area contributed by atoms with Crippen LogP contribution in [-0.4, -0.2) is 24.0 Å². The lowest BCUT2D eigenvalue weighted by atomic mass is 10.2. The van der Waals surface area contributed by atoms with Crippen LogP contribution in [0.3, 0.4) is 0 Å². The number of hydrogen-bond donors (Lipinski definition) is 1. The summed E-state index contributed by atoms with van der Waals surface area (Å²) in [5.41, 5.74) is 1.57. The van der Waals surface area contributed by atoms with Gasteiger partial charge in [0, 0.05) is 24.8 Å². The Labute approximate surface area is 147 Å². The van der Waals surface area contributed by atoms with Crippen LogP contribution in [0.5, 0.6) is 5.75 Å². The van der Waals surface area contributed by atoms with E-state index in [9.17, 15) is 9.18 Å². The van der Waals surface area contributed by atoms with Crippen molar-refractivity contribution in [3.8, 4) is 5.75 Å². The van der Waals surface area contributed by atoms with E-state index in [0.717, 1.165) is 5.56 Å². The standard InChI is InChI=1S/C20H23FN2O2/c1-14(16-8-9-16)23(2)20(24)22-18-4-3-5-19(12-18)25-13-15-6-10-17(21)11-7-15/h3-7,10-12,14,16H,8-9,13H2,1-2H3,(H,22,24). The topological polar surface area (TPSA) is 41.6 Å². The van der Waals surface area contributed by atoms with Crippen molar-refractivity contribution in [1.82, 2.24) is 4.90 Å². The van der Waals surface area contributed by atoms with E-state index in [1.54, 1.807) is 23.1 Å². The average molecular weight is 342 g/mol. The molecular formula is C20H23FN2O2. The van der Waals surface area contributed by atoms with Crippen LogP contribution in [0.4, 0.5) is 14.9 Å². The number of urea groups is 1. The van der Waals surface area contributed by atoms with Crippen molar-refractivity contribution < 1.29 is 13.9 Å². The van der Waals surface area contributed by atoms with Gasteiger partial charge in [0.05, 0.1) is 0 Å². The molecule has 1 N–H and O–H groups in total. The zero-order valence-electron chi connectivity index (χ0n) is 14.5. The van der Waals surface area contributed by atoms with Crippen molar-refractivity contribution in [3.63, 3.8) is 0 Å². The number of carbonyl (C=O) groups excluding carboxylic acids is 1. The number of nitrogens with one attached hydrogen (secondary N) is 1. The van der Waals surface area contributed by atoms with Gasteiger partial charge in [0.2, 0.25) is 0 Å². The van der Waals surface area contributed by atoms with Crippen molar-refractivity contribution in [2.75, 3.05) is 12.4 Å². The van der Waals surface area contributed by atoms with Crippen LogP contribution in [0.25, 0.3) is 0 Å². The molecule has 3 rings (SSSR count). The molecule has 1 fully saturated rings. The predicted octanol–water partition coefficient (Wildman–Crippen LogP) is 4.67. The molecule has 0 spiro atoms. The molecular weight excluding hydrogens is 319 g/mol. The minimum absolute atomic E-state index is 0.116. The van der Waals surface area contributed by atoms with Gasteiger partial charge in [-0.3, -0.25) is 0 Å². The monoisotopic (exact) mass is 342 g/mol. The van der Waals surface area contributed by atoms with Gasteiger partial charge in [0.25, 0.3) is 0 Å². The molecule has 0 bridgehead atoms. The number of carbonyl (C=O) groups is 1. The molecule has 2 aromatic rings. The van der Waals surface area contributed by atoms with E-state index in [4.69, 9.17) is 4.74 Å². The van der Waals surface area contributed by atoms with Gasteiger partial charge in [-0.1, -0.05) is 18.2 Å². The highest BCUT2D eigenvalue weighted by Crippen LogP contribution is 2.34. The molecule has 4 nitrogen and oxygen atoms in total. The van der Waals surface area contributed by atoms with Crippen LogP contribution in [0, 0.1) is 11.7 Å². The van der Waals surface area contributed by atoms with E-state index >= 15 is 0 Å². The lowest BCUT2D eigenvalue weighted by molar-refractivity contribution is 0.201. The van der Waals surface area contributed by atoms with Gasteiger partial charge in [-0.25, -0.2) is 9.18 Å². The second-order valence-corrected chi connectivity index (χ2v) is 6.56. The second-order valence-electron chi connectivity index (χ2n) is 6.56. The highest BCUT2D eigenvalue weighted by atomic mass is 19.1. The minimum atomic E-state index is -0.266. The summed E-state index contributed by atoms with van der Waals surface area (Å²) in [5, 5.41) is 2.91. The van der Waals surface area contributed by atoms with Crippen molar-refractivity contribution >= 4 is 11.7 Å². The predicted molar refractivity (Wildman–Crippen MR) is 96.1 cm³/mol. The molecule has 1 unspecified atom stereocenters. The maximum absolute atomic E-state index is 12.9. The number of amides is 2. The number of nitrogens with zero attached hydrogens (tertiary/aromatic N) is 1. The van der Waals surface area contributed by atoms with Gasteiger partial charge in [0.15, 0.2) is 0 Å². The highest BCUT2D eigenvalue weighted by Gasteiger charge is 2.32. The van der Waals surface area contributed by atoms with Crippen molar-refractivity contribution in [2.24, 2.45) is 5.92 Å². The summed E-state index contributed by atoms with van der Waals surface area (Å²) < 4.78 is 18.6. The lowest BCUT2D eigenvalue weighted by Crippen LogP contribution is -2.39. The van der Waals surface area contributed by atoms with Crippen LogP contribution in [0.2, 0.25) is 0 Å². The molecule has 1 aliphatic carbocycles. The molecule has 0 saturated heterocycles. The Kier molecular flexibility index (Phi) is 5.22. The van der Waals surface area contributed by atoms with E-state index in [-0.39, 0.29) is 17.9 Å². The first-order chi connectivity index (χ1) is 12.0. The van der Waals surface area contributed by atoms with Gasteiger partial charge in [0.1, 0.15) is 18.2 Å². The molecule has 5 heteroatoms. The fourth-order valence-corrected chi connectivity index (χ4v) is 2.70. The summed E-state index contributed by atoms with van der Waals surface area (Å²) in [6.45, 7) is 2.43. The smallest absolute Gasteiger partial charge is 0.321 e. The lowest BCUT2D eigenvalue weighted by Gasteiger charge is -2.25. The SMILES string of the molecule is CC(C1CC1)N(C)C(=O)Nc1cccc(OCc2ccc(F)cc2)c1. The summed E-state index contributed by atoms with van der Waals surface area (Å²) in [6, 6.07) is 13.6. The van der Waals surface area contributed by atoms with E-state index in [2.05, 4.69) is 12.2 Å². The fourth-order valence-electron chi connectivity index (χ4n) is 2.70. The summed E-state index contributed by atoms with van der Waals surface area (Å²) in [6.07, 6.45) is 2.40. The summed E-state index contributed by atoms with van der Waals surface area (Å²) >= 11 is 0. The van der Waals surface area contributed by atoms with E-state index in [1.165, 1.54) is 25.0 Å². The zero-order valence-corrected chi connectivity index (χ0v) is 14.5. The van der Waals surface area contributed by atoms with Gasteiger partial charge in [-0.2, -0.15) is 0 Å². The average Bonchev–Trinajstić information content (AvgIpc) is 3.45. The number of ether oxygens (including phenoxy) is 1. The van der Waals surface area contributed by atoms with Gasteiger partial charge in [-0.05, 0) is 55.5 Å². The van der Waals surface area contributed by atoms with Crippen LogP contribution >= 0.6 is 0 Å². The Bertz CT molecular complexity index is 729. The first kappa shape index (κ1) is 17.3. The number of hydrogen-bond acceptors (Lipinski definition) is 2. The normalized spacial score (nSPS) is 14.7. The zero-order chi connectivity index (χ0) is 17.8. The molecule has 1 aliphatic rings. The third-order valence-corrected chi connectivity index (χ3v) is 4.64. The van der Waals surface area contributed by atoms with Crippen molar-refractivity contribution in [1.29, 1.82) is 0 Å². The van der Waals surface area contributed by atoms with E-state index in [0.29, 0.717) is 24.0 Å². The Balaban J connectivity index is 1.57. The molecule has 0 aromatic heterocycles. The van der Waals surface area contributed by atoms with E-state index < -0.39 is 0 Å². The molecule has 25 heavy (non-hydrogen) atoms. The second kappa shape index (κ2) is 7.55. The Morgan fingerprint density at radius 2 is 2.00 bits per heavy atom. The third-order valence-electron chi connectivity index (χ3n) is 4.64. The Morgan fingerprint density at radius 3 is 2.68 bits per heavy atom. The van der Waals surface area contributed by atoms with Gasteiger partial charge >= 0.3 is 6.03 Å². The first-order valence-electron chi connectivity index (χ1n) is 8.54. The fraction of sp³-hybridized carbons (Fsp3) is 0.350. The number of halogens is 1. The molecule has 2 aromatic carbocycles. The van der Waals surface area contributed by atoms with Crippen LogP contribution in [0.1, 0.15) is 25.3 Å². The maximum Gasteiger partial charge on any atom is 0.321 e. The van der Waals surface area contributed by atoms with Crippen LogP contribution in [0.15, 0.2) is 48.5 Å². The van der Waals surface area contributed by atoms with E-state index in [1.807, 2.05) is 25.2 Å². The quantitative estimate of drug-likeness (QED) is 0.829. The molecule has 1 saturated carbocycles. The van der Waals surface area contributed by atoms with Gasteiger partial charge in [-0.15, -0.1) is 0 Å². The molecule has 1 atom stereocenters. The summed E-state index contributed by atoms with van der Waals surface area (Å²) in [4.78, 5) is 14.1. The van der Waals surface area contributed by atoms with Crippen LogP contribution in [-0.2, 0) is 6.61 Å². The van der Waals surface area contributed by atoms with Gasteiger partial charge < -0.3 is 15.0 Å². The molecule has 0 heterocycles. The molecule has 0 aliphatic heterocycles. The largest absolute Gasteiger partial charge is 0.489 e. The minimum Gasteiger partial charge on any atom is -0.489 e. The summed E-state index contributed by atoms with van der Waals surface area (Å²) in [7, 11) is 1.83. The molecule has 0 radical (unpaired) electrons.